The van der Waals surface area contributed by atoms with Crippen molar-refractivity contribution in [2.24, 2.45) is 0 Å². The lowest BCUT2D eigenvalue weighted by atomic mass is 10.1. The van der Waals surface area contributed by atoms with Crippen LogP contribution in [0.3, 0.4) is 0 Å². The molecule has 88 valence electrons. The second kappa shape index (κ2) is 5.17. The molecule has 1 unspecified atom stereocenters. The van der Waals surface area contributed by atoms with Crippen molar-refractivity contribution in [1.29, 1.82) is 0 Å². The van der Waals surface area contributed by atoms with Crippen molar-refractivity contribution in [3.8, 4) is 0 Å². The Balaban J connectivity index is 2.19. The molecule has 1 fully saturated rings. The number of benzene rings is 1. The van der Waals surface area contributed by atoms with Gasteiger partial charge in [-0.3, -0.25) is 0 Å². The van der Waals surface area contributed by atoms with Crippen LogP contribution in [-0.2, 0) is 6.61 Å². The number of β-amino-alcohol motifs (C(OH)–C–C–N with tert-alkyl or cyclic N) is 1. The highest BCUT2D eigenvalue weighted by atomic mass is 79.9. The fraction of sp³-hybridized carbons (Fsp3) is 0.500. The van der Waals surface area contributed by atoms with E-state index in [0.29, 0.717) is 6.54 Å². The summed E-state index contributed by atoms with van der Waals surface area (Å²) in [7, 11) is 0. The molecule has 16 heavy (non-hydrogen) atoms. The van der Waals surface area contributed by atoms with Crippen molar-refractivity contribution < 1.29 is 10.2 Å². The first-order chi connectivity index (χ1) is 7.70. The van der Waals surface area contributed by atoms with Crippen LogP contribution in [0.1, 0.15) is 18.4 Å². The molecule has 1 aromatic carbocycles. The maximum Gasteiger partial charge on any atom is 0.0715 e. The van der Waals surface area contributed by atoms with Gasteiger partial charge in [-0.25, -0.2) is 0 Å². The van der Waals surface area contributed by atoms with E-state index in [4.69, 9.17) is 5.11 Å². The van der Waals surface area contributed by atoms with E-state index in [9.17, 15) is 5.11 Å². The van der Waals surface area contributed by atoms with Crippen LogP contribution in [0.2, 0.25) is 0 Å². The normalized spacial score (nSPS) is 21.2. The Morgan fingerprint density at radius 3 is 2.88 bits per heavy atom. The van der Waals surface area contributed by atoms with Gasteiger partial charge >= 0.3 is 0 Å². The number of aliphatic hydroxyl groups excluding tert-OH is 2. The molecule has 0 spiro atoms. The van der Waals surface area contributed by atoms with Crippen LogP contribution in [-0.4, -0.2) is 29.4 Å². The van der Waals surface area contributed by atoms with Gasteiger partial charge < -0.3 is 15.1 Å². The number of piperidine rings is 1. The molecule has 3 nitrogen and oxygen atoms in total. The molecular weight excluding hydrogens is 270 g/mol. The maximum absolute atomic E-state index is 9.64. The standard InChI is InChI=1S/C12H16BrNO2/c13-11-6-9(8-15)3-4-12(11)14-5-1-2-10(16)7-14/h3-4,6,10,15-16H,1-2,5,7-8H2. The van der Waals surface area contributed by atoms with Gasteiger partial charge in [0.05, 0.1) is 18.4 Å². The monoisotopic (exact) mass is 285 g/mol. The fourth-order valence-electron chi connectivity index (χ4n) is 2.08. The molecule has 0 saturated carbocycles. The highest BCUT2D eigenvalue weighted by Gasteiger charge is 2.19. The first-order valence-corrected chi connectivity index (χ1v) is 6.32. The first-order valence-electron chi connectivity index (χ1n) is 5.53. The Morgan fingerprint density at radius 1 is 1.44 bits per heavy atom. The van der Waals surface area contributed by atoms with Crippen molar-refractivity contribution in [2.75, 3.05) is 18.0 Å². The largest absolute Gasteiger partial charge is 0.392 e. The van der Waals surface area contributed by atoms with Crippen LogP contribution >= 0.6 is 15.9 Å². The minimum Gasteiger partial charge on any atom is -0.392 e. The highest BCUT2D eigenvalue weighted by molar-refractivity contribution is 9.10. The lowest BCUT2D eigenvalue weighted by Crippen LogP contribution is -2.38. The molecule has 1 aliphatic rings. The average Bonchev–Trinajstić information content (AvgIpc) is 2.28. The summed E-state index contributed by atoms with van der Waals surface area (Å²) < 4.78 is 0.980. The fourth-order valence-corrected chi connectivity index (χ4v) is 2.76. The van der Waals surface area contributed by atoms with E-state index >= 15 is 0 Å². The Bertz CT molecular complexity index is 370. The zero-order valence-electron chi connectivity index (χ0n) is 9.06. The summed E-state index contributed by atoms with van der Waals surface area (Å²) in [5.74, 6) is 0. The van der Waals surface area contributed by atoms with Crippen molar-refractivity contribution in [1.82, 2.24) is 0 Å². The minimum atomic E-state index is -0.224. The molecular formula is C12H16BrNO2. The van der Waals surface area contributed by atoms with Crippen molar-refractivity contribution in [3.63, 3.8) is 0 Å². The van der Waals surface area contributed by atoms with E-state index in [2.05, 4.69) is 20.8 Å². The average molecular weight is 286 g/mol. The predicted octanol–water partition coefficient (Wildman–Crippen LogP) is 1.90. The van der Waals surface area contributed by atoms with Gasteiger partial charge in [0.1, 0.15) is 0 Å². The van der Waals surface area contributed by atoms with Crippen LogP contribution in [0.5, 0.6) is 0 Å². The molecule has 0 aliphatic carbocycles. The third-order valence-corrected chi connectivity index (χ3v) is 3.57. The zero-order chi connectivity index (χ0) is 11.5. The van der Waals surface area contributed by atoms with E-state index in [0.717, 1.165) is 35.1 Å². The number of hydrogen-bond acceptors (Lipinski definition) is 3. The first kappa shape index (κ1) is 11.9. The third-order valence-electron chi connectivity index (χ3n) is 2.93. The maximum atomic E-state index is 9.64. The summed E-state index contributed by atoms with van der Waals surface area (Å²) in [6, 6.07) is 5.84. The second-order valence-electron chi connectivity index (χ2n) is 4.19. The summed E-state index contributed by atoms with van der Waals surface area (Å²) in [6.45, 7) is 1.73. The molecule has 1 atom stereocenters. The summed E-state index contributed by atoms with van der Waals surface area (Å²) in [6.07, 6.45) is 1.69. The molecule has 0 aromatic heterocycles. The molecule has 4 heteroatoms. The number of hydrogen-bond donors (Lipinski definition) is 2. The van der Waals surface area contributed by atoms with E-state index in [1.54, 1.807) is 0 Å². The minimum absolute atomic E-state index is 0.0570. The molecule has 0 bridgehead atoms. The SMILES string of the molecule is OCc1ccc(N2CCCC(O)C2)c(Br)c1. The highest BCUT2D eigenvalue weighted by Crippen LogP contribution is 2.29. The van der Waals surface area contributed by atoms with Gasteiger partial charge in [0, 0.05) is 17.6 Å². The lowest BCUT2D eigenvalue weighted by Gasteiger charge is -2.32. The van der Waals surface area contributed by atoms with Crippen molar-refractivity contribution in [2.45, 2.75) is 25.6 Å². The molecule has 1 heterocycles. The van der Waals surface area contributed by atoms with E-state index < -0.39 is 0 Å². The van der Waals surface area contributed by atoms with Crippen LogP contribution in [0.15, 0.2) is 22.7 Å². The topological polar surface area (TPSA) is 43.7 Å². The van der Waals surface area contributed by atoms with Gasteiger partial charge in [0.25, 0.3) is 0 Å². The second-order valence-corrected chi connectivity index (χ2v) is 5.04. The van der Waals surface area contributed by atoms with Gasteiger partial charge in [-0.2, -0.15) is 0 Å². The van der Waals surface area contributed by atoms with Crippen LogP contribution in [0, 0.1) is 0 Å². The number of anilines is 1. The van der Waals surface area contributed by atoms with E-state index in [-0.39, 0.29) is 12.7 Å². The van der Waals surface area contributed by atoms with E-state index in [1.165, 1.54) is 0 Å². The Hall–Kier alpha value is -0.580. The summed E-state index contributed by atoms with van der Waals surface area (Å²) in [5.41, 5.74) is 1.99. The van der Waals surface area contributed by atoms with Gasteiger partial charge in [0.2, 0.25) is 0 Å². The summed E-state index contributed by atoms with van der Waals surface area (Å²) >= 11 is 3.51. The number of nitrogens with zero attached hydrogens (tertiary/aromatic N) is 1. The molecule has 0 radical (unpaired) electrons. The number of aliphatic hydroxyl groups is 2. The summed E-state index contributed by atoms with van der Waals surface area (Å²) in [4.78, 5) is 2.18. The van der Waals surface area contributed by atoms with Crippen molar-refractivity contribution >= 4 is 21.6 Å². The number of halogens is 1. The van der Waals surface area contributed by atoms with Gasteiger partial charge in [-0.15, -0.1) is 0 Å². The van der Waals surface area contributed by atoms with Gasteiger partial charge in [0.15, 0.2) is 0 Å². The lowest BCUT2D eigenvalue weighted by molar-refractivity contribution is 0.154. The molecule has 2 rings (SSSR count). The predicted molar refractivity (Wildman–Crippen MR) is 67.5 cm³/mol. The van der Waals surface area contributed by atoms with Gasteiger partial charge in [-0.05, 0) is 46.5 Å². The van der Waals surface area contributed by atoms with Crippen molar-refractivity contribution in [3.05, 3.63) is 28.2 Å². The smallest absolute Gasteiger partial charge is 0.0715 e. The molecule has 2 N–H and O–H groups in total. The molecule has 1 aliphatic heterocycles. The van der Waals surface area contributed by atoms with E-state index in [1.807, 2.05) is 18.2 Å². The quantitative estimate of drug-likeness (QED) is 0.872. The summed E-state index contributed by atoms with van der Waals surface area (Å²) in [5, 5.41) is 18.7. The van der Waals surface area contributed by atoms with Crippen LogP contribution in [0.4, 0.5) is 5.69 Å². The van der Waals surface area contributed by atoms with Crippen LogP contribution in [0.25, 0.3) is 0 Å². The Kier molecular flexibility index (Phi) is 3.84. The Morgan fingerprint density at radius 2 is 2.25 bits per heavy atom. The third kappa shape index (κ3) is 2.56. The molecule has 0 amide bonds. The van der Waals surface area contributed by atoms with Gasteiger partial charge in [-0.1, -0.05) is 6.07 Å². The van der Waals surface area contributed by atoms with Crippen LogP contribution < -0.4 is 4.90 Å². The number of rotatable bonds is 2. The zero-order valence-corrected chi connectivity index (χ0v) is 10.7. The Labute approximate surface area is 104 Å². The molecule has 1 aromatic rings. The molecule has 1 saturated heterocycles.